The summed E-state index contributed by atoms with van der Waals surface area (Å²) in [5, 5.41) is 28.0. The van der Waals surface area contributed by atoms with Crippen LogP contribution in [0.15, 0.2) is 97.2 Å². The molecule has 2 unspecified atom stereocenters. The van der Waals surface area contributed by atoms with E-state index in [2.05, 4.69) is 85.2 Å². The van der Waals surface area contributed by atoms with E-state index in [1.807, 2.05) is 30.4 Å². The number of aliphatic hydroxyl groups is 3. The van der Waals surface area contributed by atoms with Gasteiger partial charge in [-0.05, 0) is 89.9 Å². The van der Waals surface area contributed by atoms with Gasteiger partial charge in [0.2, 0.25) is 0 Å². The van der Waals surface area contributed by atoms with Crippen LogP contribution in [0.25, 0.3) is 0 Å². The second-order valence-corrected chi connectivity index (χ2v) is 15.3. The Morgan fingerprint density at radius 3 is 1.48 bits per heavy atom. The zero-order chi connectivity index (χ0) is 42.8. The minimum absolute atomic E-state index is 0.0759. The lowest BCUT2D eigenvalue weighted by atomic mass is 10.1. The van der Waals surface area contributed by atoms with E-state index in [0.717, 1.165) is 57.8 Å². The monoisotopic (exact) mass is 835 g/mol. The molecule has 330 valence electrons. The molecule has 0 saturated carbocycles. The summed E-state index contributed by atoms with van der Waals surface area (Å²) >= 11 is 0. The summed E-state index contributed by atoms with van der Waals surface area (Å²) in [5.41, 5.74) is 0. The molecule has 0 aliphatic heterocycles. The largest absolute Gasteiger partial charge is 0.472 e. The smallest absolute Gasteiger partial charge is 0.462 e. The van der Waals surface area contributed by atoms with Gasteiger partial charge in [0.15, 0.2) is 6.10 Å². The van der Waals surface area contributed by atoms with Crippen molar-refractivity contribution in [1.29, 1.82) is 0 Å². The third-order valence-electron chi connectivity index (χ3n) is 8.27. The first-order valence-electron chi connectivity index (χ1n) is 21.3. The summed E-state index contributed by atoms with van der Waals surface area (Å²) < 4.78 is 32.5. The molecule has 0 aliphatic rings. The summed E-state index contributed by atoms with van der Waals surface area (Å²) in [5.74, 6) is -1.09. The number of allylic oxidation sites excluding steroid dienone is 15. The molecule has 0 heterocycles. The van der Waals surface area contributed by atoms with Gasteiger partial charge < -0.3 is 29.7 Å². The van der Waals surface area contributed by atoms with Gasteiger partial charge in [-0.2, -0.15) is 0 Å². The highest BCUT2D eigenvalue weighted by atomic mass is 31.2. The van der Waals surface area contributed by atoms with Gasteiger partial charge in [-0.3, -0.25) is 18.6 Å². The topological polar surface area (TPSA) is 169 Å². The number of carbonyl (C=O) groups excluding carboxylic acids is 2. The molecule has 0 amide bonds. The van der Waals surface area contributed by atoms with Crippen molar-refractivity contribution >= 4 is 19.8 Å². The summed E-state index contributed by atoms with van der Waals surface area (Å²) in [6.07, 6.45) is 45.9. The first-order chi connectivity index (χ1) is 28.1. The molecule has 11 nitrogen and oxygen atoms in total. The fourth-order valence-electron chi connectivity index (χ4n) is 4.99. The molecule has 0 aromatic carbocycles. The number of phosphoric acid groups is 1. The lowest BCUT2D eigenvalue weighted by Gasteiger charge is -2.20. The third-order valence-corrected chi connectivity index (χ3v) is 9.22. The van der Waals surface area contributed by atoms with Crippen molar-refractivity contribution in [2.24, 2.45) is 0 Å². The van der Waals surface area contributed by atoms with Crippen LogP contribution >= 0.6 is 7.82 Å². The molecular formula is C46H75O11P. The van der Waals surface area contributed by atoms with Gasteiger partial charge in [-0.1, -0.05) is 130 Å². The maximum Gasteiger partial charge on any atom is 0.472 e. The number of aliphatic hydroxyl groups excluding tert-OH is 3. The molecule has 0 fully saturated rings. The van der Waals surface area contributed by atoms with Crippen LogP contribution in [-0.2, 0) is 32.7 Å². The van der Waals surface area contributed by atoms with E-state index in [1.54, 1.807) is 0 Å². The lowest BCUT2D eigenvalue weighted by Crippen LogP contribution is -2.29. The van der Waals surface area contributed by atoms with E-state index in [0.29, 0.717) is 32.1 Å². The minimum Gasteiger partial charge on any atom is -0.462 e. The maximum atomic E-state index is 12.6. The summed E-state index contributed by atoms with van der Waals surface area (Å²) in [6, 6.07) is 0. The number of unbranched alkanes of at least 4 members (excludes halogenated alkanes) is 5. The van der Waals surface area contributed by atoms with Crippen LogP contribution in [0.2, 0.25) is 0 Å². The molecule has 0 aliphatic carbocycles. The Labute approximate surface area is 349 Å². The Hall–Kier alpha value is -3.15. The highest BCUT2D eigenvalue weighted by molar-refractivity contribution is 7.47. The van der Waals surface area contributed by atoms with Gasteiger partial charge in [0.05, 0.1) is 25.9 Å². The highest BCUT2D eigenvalue weighted by Crippen LogP contribution is 2.43. The van der Waals surface area contributed by atoms with Gasteiger partial charge >= 0.3 is 19.8 Å². The first-order valence-corrected chi connectivity index (χ1v) is 22.8. The number of hydrogen-bond acceptors (Lipinski definition) is 10. The number of ether oxygens (including phenoxy) is 2. The third kappa shape index (κ3) is 39.7. The molecular weight excluding hydrogens is 759 g/mol. The average Bonchev–Trinajstić information content (AvgIpc) is 3.20. The Morgan fingerprint density at radius 2 is 1.00 bits per heavy atom. The standard InChI is InChI=1S/C46H75O11P/c1-3-5-6-7-8-9-10-11-12-13-14-17-20-23-26-29-32-36-45(50)54-40-44(41-56-58(52,53)55-39-43(49)38-47)57-46(51)37-33-30-27-24-21-18-15-16-19-22-25-28-31-35-42(48)34-4-2/h8-9,11-12,14-15,17-19,22-24,26-28,31,42-44,47-49H,3-7,10,13,16,20-21,25,29-30,32-41H2,1-2H3,(H,52,53)/b9-8-,12-11-,17-14-,18-15-,22-19-,26-23-,27-24-,31-28-/t42?,43-,44+/m0/s1. The molecule has 0 aromatic heterocycles. The maximum absolute atomic E-state index is 12.6. The Kier molecular flexibility index (Phi) is 38.4. The van der Waals surface area contributed by atoms with Gasteiger partial charge in [0, 0.05) is 12.8 Å². The first kappa shape index (κ1) is 54.9. The molecule has 0 saturated heterocycles. The Bertz CT molecular complexity index is 1300. The predicted octanol–water partition coefficient (Wildman–Crippen LogP) is 10.2. The van der Waals surface area contributed by atoms with Crippen LogP contribution < -0.4 is 0 Å². The van der Waals surface area contributed by atoms with Gasteiger partial charge in [-0.25, -0.2) is 4.57 Å². The van der Waals surface area contributed by atoms with Crippen LogP contribution in [0.3, 0.4) is 0 Å². The minimum atomic E-state index is -4.66. The second kappa shape index (κ2) is 40.6. The quantitative estimate of drug-likeness (QED) is 0.0202. The number of hydrogen-bond donors (Lipinski definition) is 4. The van der Waals surface area contributed by atoms with Gasteiger partial charge in [0.25, 0.3) is 0 Å². The Morgan fingerprint density at radius 1 is 0.552 bits per heavy atom. The molecule has 58 heavy (non-hydrogen) atoms. The fraction of sp³-hybridized carbons (Fsp3) is 0.609. The number of esters is 2. The molecule has 4 N–H and O–H groups in total. The fourth-order valence-corrected chi connectivity index (χ4v) is 5.78. The zero-order valence-electron chi connectivity index (χ0n) is 35.3. The van der Waals surface area contributed by atoms with E-state index in [1.165, 1.54) is 19.3 Å². The van der Waals surface area contributed by atoms with Crippen molar-refractivity contribution in [1.82, 2.24) is 0 Å². The van der Waals surface area contributed by atoms with Crippen molar-refractivity contribution in [3.05, 3.63) is 97.2 Å². The van der Waals surface area contributed by atoms with Gasteiger partial charge in [0.1, 0.15) is 12.7 Å². The van der Waals surface area contributed by atoms with Crippen LogP contribution in [0, 0.1) is 0 Å². The number of phosphoric ester groups is 1. The van der Waals surface area contributed by atoms with Crippen molar-refractivity contribution in [2.75, 3.05) is 26.4 Å². The molecule has 12 heteroatoms. The van der Waals surface area contributed by atoms with Crippen LogP contribution in [-0.4, -0.2) is 76.9 Å². The molecule has 0 rings (SSSR count). The summed E-state index contributed by atoms with van der Waals surface area (Å²) in [6.45, 7) is 1.98. The molecule has 4 atom stereocenters. The predicted molar refractivity (Wildman–Crippen MR) is 234 cm³/mol. The molecule has 0 radical (unpaired) electrons. The lowest BCUT2D eigenvalue weighted by molar-refractivity contribution is -0.161. The highest BCUT2D eigenvalue weighted by Gasteiger charge is 2.27. The number of rotatable bonds is 38. The van der Waals surface area contributed by atoms with Crippen molar-refractivity contribution in [2.45, 2.75) is 154 Å². The van der Waals surface area contributed by atoms with E-state index in [9.17, 15) is 29.3 Å². The normalized spacial score (nSPS) is 15.3. The molecule has 0 bridgehead atoms. The van der Waals surface area contributed by atoms with Crippen LogP contribution in [0.1, 0.15) is 136 Å². The van der Waals surface area contributed by atoms with Crippen LogP contribution in [0.4, 0.5) is 0 Å². The molecule has 0 spiro atoms. The molecule has 0 aromatic rings. The van der Waals surface area contributed by atoms with E-state index in [4.69, 9.17) is 19.1 Å². The van der Waals surface area contributed by atoms with E-state index in [-0.39, 0.29) is 25.6 Å². The number of carbonyl (C=O) groups is 2. The van der Waals surface area contributed by atoms with Crippen molar-refractivity contribution < 1.29 is 52.9 Å². The second-order valence-electron chi connectivity index (χ2n) is 13.8. The van der Waals surface area contributed by atoms with E-state index < -0.39 is 51.8 Å². The average molecular weight is 835 g/mol. The summed E-state index contributed by atoms with van der Waals surface area (Å²) in [7, 11) is -4.66. The SMILES string of the molecule is CCCCC/C=C\C/C=C\C/C=C\C/C=C\CCCC(=O)OC[C@H](COP(=O)(O)OC[C@@H](O)CO)OC(=O)CCC/C=C\C/C=C\C/C=C\C/C=C\CC(O)CCC. The Balaban J connectivity index is 4.54. The van der Waals surface area contributed by atoms with Crippen molar-refractivity contribution in [3.8, 4) is 0 Å². The van der Waals surface area contributed by atoms with Crippen LogP contribution in [0.5, 0.6) is 0 Å². The van der Waals surface area contributed by atoms with Crippen molar-refractivity contribution in [3.63, 3.8) is 0 Å². The zero-order valence-corrected chi connectivity index (χ0v) is 36.2. The summed E-state index contributed by atoms with van der Waals surface area (Å²) in [4.78, 5) is 34.9. The van der Waals surface area contributed by atoms with Gasteiger partial charge in [-0.15, -0.1) is 0 Å². The van der Waals surface area contributed by atoms with E-state index >= 15 is 0 Å².